The Morgan fingerprint density at radius 3 is 2.48 bits per heavy atom. The summed E-state index contributed by atoms with van der Waals surface area (Å²) >= 11 is 0. The molecule has 0 aliphatic carbocycles. The molecule has 2 aromatic rings. The molecule has 1 saturated heterocycles. The molecule has 3 rings (SSSR count). The summed E-state index contributed by atoms with van der Waals surface area (Å²) in [6.45, 7) is 0.409. The van der Waals surface area contributed by atoms with Crippen molar-refractivity contribution in [2.24, 2.45) is 0 Å². The first-order valence-electron chi connectivity index (χ1n) is 7.18. The van der Waals surface area contributed by atoms with E-state index in [9.17, 15) is 18.4 Å². The third-order valence-corrected chi connectivity index (χ3v) is 3.77. The Kier molecular flexibility index (Phi) is 4.06. The van der Waals surface area contributed by atoms with Crippen LogP contribution in [0.1, 0.15) is 16.8 Å². The number of carbonyl (C=O) groups is 2. The number of nitrogens with zero attached hydrogens (tertiary/aromatic N) is 1. The highest BCUT2D eigenvalue weighted by Crippen LogP contribution is 2.22. The summed E-state index contributed by atoms with van der Waals surface area (Å²) in [5.74, 6) is -1.93. The first-order valence-corrected chi connectivity index (χ1v) is 7.18. The van der Waals surface area contributed by atoms with E-state index in [-0.39, 0.29) is 17.3 Å². The highest BCUT2D eigenvalue weighted by molar-refractivity contribution is 6.03. The van der Waals surface area contributed by atoms with Gasteiger partial charge in [0.25, 0.3) is 5.91 Å². The van der Waals surface area contributed by atoms with Crippen molar-refractivity contribution in [2.75, 3.05) is 11.4 Å². The number of carbonyl (C=O) groups excluding carboxylic acids is 2. The fourth-order valence-corrected chi connectivity index (χ4v) is 2.57. The van der Waals surface area contributed by atoms with Gasteiger partial charge in [-0.05, 0) is 42.8 Å². The van der Waals surface area contributed by atoms with Gasteiger partial charge in [-0.15, -0.1) is 0 Å². The van der Waals surface area contributed by atoms with E-state index in [1.807, 2.05) is 0 Å². The zero-order valence-electron chi connectivity index (χ0n) is 12.1. The molecular weight excluding hydrogens is 302 g/mol. The van der Waals surface area contributed by atoms with Gasteiger partial charge in [0, 0.05) is 12.2 Å². The maximum atomic E-state index is 13.6. The molecule has 2 aromatic carbocycles. The van der Waals surface area contributed by atoms with Crippen LogP contribution in [0, 0.1) is 11.6 Å². The van der Waals surface area contributed by atoms with Crippen LogP contribution in [0.3, 0.4) is 0 Å². The van der Waals surface area contributed by atoms with Crippen LogP contribution in [-0.2, 0) is 4.79 Å². The molecule has 1 atom stereocenters. The maximum absolute atomic E-state index is 13.6. The average Bonchev–Trinajstić information content (AvgIpc) is 2.89. The number of halogens is 2. The Morgan fingerprint density at radius 2 is 1.78 bits per heavy atom. The second-order valence-electron chi connectivity index (χ2n) is 5.26. The van der Waals surface area contributed by atoms with Crippen LogP contribution in [0.5, 0.6) is 0 Å². The minimum Gasteiger partial charge on any atom is -0.340 e. The molecule has 1 heterocycles. The highest BCUT2D eigenvalue weighted by Gasteiger charge is 2.34. The topological polar surface area (TPSA) is 49.4 Å². The van der Waals surface area contributed by atoms with Gasteiger partial charge in [0.05, 0.1) is 5.56 Å². The summed E-state index contributed by atoms with van der Waals surface area (Å²) in [5, 5.41) is 2.55. The molecule has 0 radical (unpaired) electrons. The van der Waals surface area contributed by atoms with Crippen molar-refractivity contribution in [3.05, 3.63) is 65.7 Å². The van der Waals surface area contributed by atoms with E-state index < -0.39 is 17.8 Å². The third-order valence-electron chi connectivity index (χ3n) is 3.77. The van der Waals surface area contributed by atoms with Crippen LogP contribution in [0.25, 0.3) is 0 Å². The van der Waals surface area contributed by atoms with E-state index in [1.165, 1.54) is 47.4 Å². The van der Waals surface area contributed by atoms with Crippen LogP contribution in [-0.4, -0.2) is 24.4 Å². The lowest BCUT2D eigenvalue weighted by Gasteiger charge is -2.17. The summed E-state index contributed by atoms with van der Waals surface area (Å²) in [5.41, 5.74) is 0.472. The van der Waals surface area contributed by atoms with E-state index in [1.54, 1.807) is 6.07 Å². The smallest absolute Gasteiger partial charge is 0.254 e. The second kappa shape index (κ2) is 6.16. The van der Waals surface area contributed by atoms with Crippen LogP contribution in [0.4, 0.5) is 14.5 Å². The van der Waals surface area contributed by atoms with Crippen molar-refractivity contribution >= 4 is 17.5 Å². The zero-order chi connectivity index (χ0) is 16.4. The minimum atomic E-state index is -0.716. The molecule has 2 amide bonds. The first-order chi connectivity index (χ1) is 11.1. The van der Waals surface area contributed by atoms with Crippen molar-refractivity contribution in [1.82, 2.24) is 5.32 Å². The molecule has 0 bridgehead atoms. The zero-order valence-corrected chi connectivity index (χ0v) is 12.1. The maximum Gasteiger partial charge on any atom is 0.254 e. The van der Waals surface area contributed by atoms with Gasteiger partial charge in [0.2, 0.25) is 5.91 Å². The van der Waals surface area contributed by atoms with Crippen molar-refractivity contribution in [1.29, 1.82) is 0 Å². The van der Waals surface area contributed by atoms with Gasteiger partial charge in [-0.2, -0.15) is 0 Å². The lowest BCUT2D eigenvalue weighted by Crippen LogP contribution is -2.41. The Labute approximate surface area is 131 Å². The molecule has 118 valence electrons. The largest absolute Gasteiger partial charge is 0.340 e. The van der Waals surface area contributed by atoms with Gasteiger partial charge < -0.3 is 10.2 Å². The Hall–Kier alpha value is -2.76. The summed E-state index contributed by atoms with van der Waals surface area (Å²) in [4.78, 5) is 25.9. The molecule has 1 N–H and O–H groups in total. The Bertz CT molecular complexity index is 747. The molecule has 6 heteroatoms. The van der Waals surface area contributed by atoms with Crippen molar-refractivity contribution in [3.8, 4) is 0 Å². The Morgan fingerprint density at radius 1 is 1.09 bits per heavy atom. The van der Waals surface area contributed by atoms with E-state index in [4.69, 9.17) is 0 Å². The van der Waals surface area contributed by atoms with Crippen LogP contribution in [0.2, 0.25) is 0 Å². The molecule has 0 saturated carbocycles. The van der Waals surface area contributed by atoms with Crippen molar-refractivity contribution < 1.29 is 18.4 Å². The van der Waals surface area contributed by atoms with Crippen LogP contribution in [0.15, 0.2) is 48.5 Å². The summed E-state index contributed by atoms with van der Waals surface area (Å²) in [6.07, 6.45) is 0.413. The highest BCUT2D eigenvalue weighted by atomic mass is 19.1. The van der Waals surface area contributed by atoms with Crippen molar-refractivity contribution in [2.45, 2.75) is 12.5 Å². The molecule has 23 heavy (non-hydrogen) atoms. The summed E-state index contributed by atoms with van der Waals surface area (Å²) in [7, 11) is 0. The molecule has 1 fully saturated rings. The van der Waals surface area contributed by atoms with Gasteiger partial charge in [-0.1, -0.05) is 12.1 Å². The van der Waals surface area contributed by atoms with Gasteiger partial charge in [0.1, 0.15) is 17.7 Å². The molecule has 1 aliphatic rings. The number of benzene rings is 2. The Balaban J connectivity index is 1.71. The normalized spacial score (nSPS) is 17.4. The number of amides is 2. The summed E-state index contributed by atoms with van der Waals surface area (Å²) < 4.78 is 26.5. The lowest BCUT2D eigenvalue weighted by molar-refractivity contribution is -0.118. The van der Waals surface area contributed by atoms with E-state index in [2.05, 4.69) is 5.32 Å². The monoisotopic (exact) mass is 316 g/mol. The number of rotatable bonds is 3. The molecule has 1 aliphatic heterocycles. The molecule has 4 nitrogen and oxygen atoms in total. The van der Waals surface area contributed by atoms with E-state index in [0.717, 1.165) is 0 Å². The van der Waals surface area contributed by atoms with E-state index in [0.29, 0.717) is 18.7 Å². The quantitative estimate of drug-likeness (QED) is 0.946. The van der Waals surface area contributed by atoms with Crippen LogP contribution >= 0.6 is 0 Å². The lowest BCUT2D eigenvalue weighted by atomic mass is 10.1. The number of nitrogens with one attached hydrogen (secondary N) is 1. The molecular formula is C17H14F2N2O2. The van der Waals surface area contributed by atoms with Crippen LogP contribution < -0.4 is 10.2 Å². The number of hydrogen-bond donors (Lipinski definition) is 1. The predicted molar refractivity (Wildman–Crippen MR) is 81.0 cm³/mol. The van der Waals surface area contributed by atoms with Gasteiger partial charge in [-0.25, -0.2) is 8.78 Å². The fraction of sp³-hybridized carbons (Fsp3) is 0.176. The number of anilines is 1. The molecule has 0 unspecified atom stereocenters. The fourth-order valence-electron chi connectivity index (χ4n) is 2.57. The van der Waals surface area contributed by atoms with Crippen molar-refractivity contribution in [3.63, 3.8) is 0 Å². The minimum absolute atomic E-state index is 0.0967. The average molecular weight is 316 g/mol. The van der Waals surface area contributed by atoms with E-state index >= 15 is 0 Å². The first kappa shape index (κ1) is 15.1. The second-order valence-corrected chi connectivity index (χ2v) is 5.26. The SMILES string of the molecule is O=C(N[C@H]1CCN(c2ccc(F)cc2)C1=O)c1ccccc1F. The van der Waals surface area contributed by atoms with Gasteiger partial charge >= 0.3 is 0 Å². The third kappa shape index (κ3) is 3.06. The predicted octanol–water partition coefficient (Wildman–Crippen LogP) is 2.50. The number of hydrogen-bond acceptors (Lipinski definition) is 2. The standard InChI is InChI=1S/C17H14F2N2O2/c18-11-5-7-12(8-6-11)21-10-9-15(17(21)23)20-16(22)13-3-1-2-4-14(13)19/h1-8,15H,9-10H2,(H,20,22)/t15-/m0/s1. The van der Waals surface area contributed by atoms with Gasteiger partial charge in [0.15, 0.2) is 0 Å². The summed E-state index contributed by atoms with van der Waals surface area (Å²) in [6, 6.07) is 10.4. The molecule has 0 aromatic heterocycles. The molecule has 0 spiro atoms. The van der Waals surface area contributed by atoms with Gasteiger partial charge in [-0.3, -0.25) is 9.59 Å².